The van der Waals surface area contributed by atoms with E-state index in [1.54, 1.807) is 31.6 Å². The number of hydrogen-bond donors (Lipinski definition) is 1. The van der Waals surface area contributed by atoms with Gasteiger partial charge in [-0.1, -0.05) is 0 Å². The molecule has 0 saturated heterocycles. The normalized spacial score (nSPS) is 10.1. The largest absolute Gasteiger partial charge is 0.508 e. The molecule has 3 nitrogen and oxygen atoms in total. The third kappa shape index (κ3) is 2.31. The zero-order chi connectivity index (χ0) is 11.4. The number of benzene rings is 1. The lowest BCUT2D eigenvalue weighted by Gasteiger charge is -2.07. The van der Waals surface area contributed by atoms with E-state index >= 15 is 0 Å². The highest BCUT2D eigenvalue weighted by Crippen LogP contribution is 2.24. The van der Waals surface area contributed by atoms with Crippen molar-refractivity contribution in [2.75, 3.05) is 7.11 Å². The van der Waals surface area contributed by atoms with Crippen LogP contribution in [-0.4, -0.2) is 17.2 Å². The summed E-state index contributed by atoms with van der Waals surface area (Å²) in [7, 11) is 1.61. The van der Waals surface area contributed by atoms with Crippen molar-refractivity contribution in [1.29, 1.82) is 0 Å². The van der Waals surface area contributed by atoms with Gasteiger partial charge >= 0.3 is 0 Å². The molecule has 1 N–H and O–H groups in total. The molecule has 1 aromatic carbocycles. The van der Waals surface area contributed by atoms with E-state index in [1.165, 1.54) is 0 Å². The molecule has 0 radical (unpaired) electrons. The molecular formula is C13H13NO2. The SMILES string of the molecule is COc1ccc(O)c(Cc2ccncc2)c1. The predicted molar refractivity (Wildman–Crippen MR) is 61.7 cm³/mol. The van der Waals surface area contributed by atoms with Crippen LogP contribution >= 0.6 is 0 Å². The Bertz CT molecular complexity index is 469. The van der Waals surface area contributed by atoms with E-state index < -0.39 is 0 Å². The molecule has 0 aliphatic heterocycles. The molecule has 3 heteroatoms. The van der Waals surface area contributed by atoms with Gasteiger partial charge < -0.3 is 9.84 Å². The van der Waals surface area contributed by atoms with Gasteiger partial charge in [-0.3, -0.25) is 4.98 Å². The van der Waals surface area contributed by atoms with Crippen molar-refractivity contribution in [3.63, 3.8) is 0 Å². The molecule has 0 aliphatic rings. The van der Waals surface area contributed by atoms with Gasteiger partial charge in [0.1, 0.15) is 11.5 Å². The highest BCUT2D eigenvalue weighted by molar-refractivity contribution is 5.41. The Labute approximate surface area is 94.3 Å². The molecule has 0 atom stereocenters. The van der Waals surface area contributed by atoms with E-state index in [0.29, 0.717) is 6.42 Å². The average Bonchev–Trinajstić information content (AvgIpc) is 2.33. The number of phenolic OH excluding ortho intramolecular Hbond substituents is 1. The van der Waals surface area contributed by atoms with Crippen LogP contribution in [0.2, 0.25) is 0 Å². The van der Waals surface area contributed by atoms with Crippen LogP contribution in [0.4, 0.5) is 0 Å². The van der Waals surface area contributed by atoms with E-state index in [9.17, 15) is 5.11 Å². The zero-order valence-electron chi connectivity index (χ0n) is 9.05. The van der Waals surface area contributed by atoms with Crippen LogP contribution in [0, 0.1) is 0 Å². The lowest BCUT2D eigenvalue weighted by Crippen LogP contribution is -1.91. The van der Waals surface area contributed by atoms with Gasteiger partial charge in [0.2, 0.25) is 0 Å². The average molecular weight is 215 g/mol. The molecule has 0 bridgehead atoms. The van der Waals surface area contributed by atoms with E-state index in [4.69, 9.17) is 4.74 Å². The van der Waals surface area contributed by atoms with Crippen molar-refractivity contribution < 1.29 is 9.84 Å². The summed E-state index contributed by atoms with van der Waals surface area (Å²) in [6, 6.07) is 9.09. The first-order valence-electron chi connectivity index (χ1n) is 5.04. The van der Waals surface area contributed by atoms with Crippen molar-refractivity contribution in [2.45, 2.75) is 6.42 Å². The number of ether oxygens (including phenoxy) is 1. The first-order valence-corrected chi connectivity index (χ1v) is 5.04. The van der Waals surface area contributed by atoms with E-state index in [-0.39, 0.29) is 5.75 Å². The Balaban J connectivity index is 2.27. The van der Waals surface area contributed by atoms with Gasteiger partial charge in [0.15, 0.2) is 0 Å². The molecule has 0 fully saturated rings. The summed E-state index contributed by atoms with van der Waals surface area (Å²) in [5.41, 5.74) is 1.96. The van der Waals surface area contributed by atoms with E-state index in [1.807, 2.05) is 18.2 Å². The Morgan fingerprint density at radius 2 is 1.94 bits per heavy atom. The number of methoxy groups -OCH3 is 1. The van der Waals surface area contributed by atoms with Gasteiger partial charge in [0.25, 0.3) is 0 Å². The lowest BCUT2D eigenvalue weighted by molar-refractivity contribution is 0.411. The quantitative estimate of drug-likeness (QED) is 0.854. The van der Waals surface area contributed by atoms with Gasteiger partial charge in [-0.05, 0) is 35.9 Å². The summed E-state index contributed by atoms with van der Waals surface area (Å²) in [5.74, 6) is 1.04. The Morgan fingerprint density at radius 3 is 2.62 bits per heavy atom. The highest BCUT2D eigenvalue weighted by atomic mass is 16.5. The second-order valence-electron chi connectivity index (χ2n) is 3.53. The number of nitrogens with zero attached hydrogens (tertiary/aromatic N) is 1. The standard InChI is InChI=1S/C13H13NO2/c1-16-12-2-3-13(15)11(9-12)8-10-4-6-14-7-5-10/h2-7,9,15H,8H2,1H3. The molecule has 2 rings (SSSR count). The van der Waals surface area contributed by atoms with Gasteiger partial charge in [0.05, 0.1) is 7.11 Å². The van der Waals surface area contributed by atoms with Crippen molar-refractivity contribution in [1.82, 2.24) is 4.98 Å². The summed E-state index contributed by atoms with van der Waals surface area (Å²) in [6.45, 7) is 0. The monoisotopic (exact) mass is 215 g/mol. The number of phenols is 1. The third-order valence-corrected chi connectivity index (χ3v) is 2.43. The van der Waals surface area contributed by atoms with Gasteiger partial charge in [0, 0.05) is 24.4 Å². The minimum Gasteiger partial charge on any atom is -0.508 e. The highest BCUT2D eigenvalue weighted by Gasteiger charge is 2.04. The number of rotatable bonds is 3. The molecule has 1 heterocycles. The fourth-order valence-corrected chi connectivity index (χ4v) is 1.55. The zero-order valence-corrected chi connectivity index (χ0v) is 9.05. The first-order chi connectivity index (χ1) is 7.79. The molecule has 0 aliphatic carbocycles. The Morgan fingerprint density at radius 1 is 1.19 bits per heavy atom. The van der Waals surface area contributed by atoms with Gasteiger partial charge in [-0.2, -0.15) is 0 Å². The minimum atomic E-state index is 0.289. The molecule has 0 saturated carbocycles. The molecule has 1 aromatic heterocycles. The van der Waals surface area contributed by atoms with Gasteiger partial charge in [-0.15, -0.1) is 0 Å². The van der Waals surface area contributed by atoms with E-state index in [0.717, 1.165) is 16.9 Å². The lowest BCUT2D eigenvalue weighted by atomic mass is 10.1. The smallest absolute Gasteiger partial charge is 0.119 e. The molecule has 82 valence electrons. The molecular weight excluding hydrogens is 202 g/mol. The maximum absolute atomic E-state index is 9.72. The van der Waals surface area contributed by atoms with Crippen LogP contribution in [0.15, 0.2) is 42.7 Å². The second-order valence-corrected chi connectivity index (χ2v) is 3.53. The number of aromatic hydroxyl groups is 1. The molecule has 16 heavy (non-hydrogen) atoms. The number of aromatic nitrogens is 1. The van der Waals surface area contributed by atoms with Crippen LogP contribution in [-0.2, 0) is 6.42 Å². The maximum Gasteiger partial charge on any atom is 0.119 e. The van der Waals surface area contributed by atoms with Crippen molar-refractivity contribution >= 4 is 0 Å². The molecule has 0 unspecified atom stereocenters. The first kappa shape index (κ1) is 10.5. The third-order valence-electron chi connectivity index (χ3n) is 2.43. The summed E-state index contributed by atoms with van der Waals surface area (Å²) in [4.78, 5) is 3.96. The molecule has 2 aromatic rings. The number of hydrogen-bond acceptors (Lipinski definition) is 3. The fraction of sp³-hybridized carbons (Fsp3) is 0.154. The predicted octanol–water partition coefficient (Wildman–Crippen LogP) is 2.39. The minimum absolute atomic E-state index is 0.289. The van der Waals surface area contributed by atoms with Crippen molar-refractivity contribution in [2.24, 2.45) is 0 Å². The van der Waals surface area contributed by atoms with Crippen LogP contribution in [0.3, 0.4) is 0 Å². The van der Waals surface area contributed by atoms with Gasteiger partial charge in [-0.25, -0.2) is 0 Å². The van der Waals surface area contributed by atoms with Crippen molar-refractivity contribution in [3.8, 4) is 11.5 Å². The Kier molecular flexibility index (Phi) is 3.05. The van der Waals surface area contributed by atoms with Crippen LogP contribution in [0.1, 0.15) is 11.1 Å². The summed E-state index contributed by atoms with van der Waals surface area (Å²) in [6.07, 6.45) is 4.16. The summed E-state index contributed by atoms with van der Waals surface area (Å²) in [5, 5.41) is 9.72. The van der Waals surface area contributed by atoms with E-state index in [2.05, 4.69) is 4.98 Å². The summed E-state index contributed by atoms with van der Waals surface area (Å²) >= 11 is 0. The fourth-order valence-electron chi connectivity index (χ4n) is 1.55. The van der Waals surface area contributed by atoms with Crippen molar-refractivity contribution in [3.05, 3.63) is 53.9 Å². The van der Waals surface area contributed by atoms with Crippen LogP contribution < -0.4 is 4.74 Å². The number of pyridine rings is 1. The summed E-state index contributed by atoms with van der Waals surface area (Å²) < 4.78 is 5.12. The Hall–Kier alpha value is -2.03. The second kappa shape index (κ2) is 4.66. The molecule has 0 amide bonds. The molecule has 0 spiro atoms. The topological polar surface area (TPSA) is 42.4 Å². The maximum atomic E-state index is 9.72. The van der Waals surface area contributed by atoms with Crippen LogP contribution in [0.25, 0.3) is 0 Å². The van der Waals surface area contributed by atoms with Crippen LogP contribution in [0.5, 0.6) is 11.5 Å².